The molecule has 9 heteroatoms. The molecule has 0 aliphatic rings. The SMILES string of the molecule is O=Cc1ccc(OCC(=O)Nc2cc(Cl)ccc2F)c([N+](=O)[O-])c1. The van der Waals surface area contributed by atoms with E-state index < -0.39 is 28.9 Å². The number of hydrogen-bond acceptors (Lipinski definition) is 5. The lowest BCUT2D eigenvalue weighted by Gasteiger charge is -2.09. The summed E-state index contributed by atoms with van der Waals surface area (Å²) in [5.41, 5.74) is -0.497. The van der Waals surface area contributed by atoms with Gasteiger partial charge >= 0.3 is 5.69 Å². The Balaban J connectivity index is 2.07. The second-order valence-corrected chi connectivity index (χ2v) is 5.00. The number of nitrogens with zero attached hydrogens (tertiary/aromatic N) is 1. The second kappa shape index (κ2) is 7.51. The molecule has 0 spiro atoms. The number of carbonyl (C=O) groups excluding carboxylic acids is 2. The Morgan fingerprint density at radius 2 is 2.08 bits per heavy atom. The van der Waals surface area contributed by atoms with Gasteiger partial charge in [-0.3, -0.25) is 19.7 Å². The van der Waals surface area contributed by atoms with Gasteiger partial charge in [0.05, 0.1) is 10.6 Å². The lowest BCUT2D eigenvalue weighted by molar-refractivity contribution is -0.385. The van der Waals surface area contributed by atoms with Crippen molar-refractivity contribution in [1.29, 1.82) is 0 Å². The van der Waals surface area contributed by atoms with Crippen molar-refractivity contribution in [1.82, 2.24) is 0 Å². The minimum Gasteiger partial charge on any atom is -0.477 e. The van der Waals surface area contributed by atoms with Gasteiger partial charge in [0.25, 0.3) is 5.91 Å². The van der Waals surface area contributed by atoms with Gasteiger partial charge in [0.15, 0.2) is 12.4 Å². The zero-order valence-corrected chi connectivity index (χ0v) is 12.7. The molecule has 0 heterocycles. The molecular weight excluding hydrogens is 343 g/mol. The van der Waals surface area contributed by atoms with Crippen molar-refractivity contribution in [2.45, 2.75) is 0 Å². The third-order valence-electron chi connectivity index (χ3n) is 2.88. The maximum absolute atomic E-state index is 13.5. The molecule has 2 aromatic rings. The van der Waals surface area contributed by atoms with E-state index in [9.17, 15) is 24.1 Å². The Morgan fingerprint density at radius 1 is 1.33 bits per heavy atom. The van der Waals surface area contributed by atoms with Crippen LogP contribution in [-0.2, 0) is 4.79 Å². The number of benzene rings is 2. The fourth-order valence-electron chi connectivity index (χ4n) is 1.80. The van der Waals surface area contributed by atoms with Crippen LogP contribution in [0.4, 0.5) is 15.8 Å². The van der Waals surface area contributed by atoms with Gasteiger partial charge in [0, 0.05) is 16.7 Å². The minimum atomic E-state index is -0.739. The van der Waals surface area contributed by atoms with E-state index in [-0.39, 0.29) is 22.0 Å². The van der Waals surface area contributed by atoms with Crippen molar-refractivity contribution in [3.05, 3.63) is 62.9 Å². The van der Waals surface area contributed by atoms with Crippen LogP contribution >= 0.6 is 11.6 Å². The number of nitro groups is 1. The van der Waals surface area contributed by atoms with E-state index in [4.69, 9.17) is 16.3 Å². The molecule has 1 amide bonds. The molecule has 2 aromatic carbocycles. The van der Waals surface area contributed by atoms with Gasteiger partial charge in [-0.15, -0.1) is 0 Å². The van der Waals surface area contributed by atoms with Crippen LogP contribution in [0.5, 0.6) is 5.75 Å². The number of nitrogens with one attached hydrogen (secondary N) is 1. The van der Waals surface area contributed by atoms with Gasteiger partial charge in [-0.1, -0.05) is 11.6 Å². The largest absolute Gasteiger partial charge is 0.477 e. The molecule has 0 unspecified atom stereocenters. The Morgan fingerprint density at radius 3 is 2.75 bits per heavy atom. The molecule has 7 nitrogen and oxygen atoms in total. The lowest BCUT2D eigenvalue weighted by Crippen LogP contribution is -2.21. The number of nitro benzene ring substituents is 1. The molecule has 0 radical (unpaired) electrons. The maximum atomic E-state index is 13.5. The Labute approximate surface area is 140 Å². The summed E-state index contributed by atoms with van der Waals surface area (Å²) < 4.78 is 18.6. The van der Waals surface area contributed by atoms with Crippen LogP contribution in [0.15, 0.2) is 36.4 Å². The summed E-state index contributed by atoms with van der Waals surface area (Å²) >= 11 is 5.70. The Bertz CT molecular complexity index is 812. The number of anilines is 1. The van der Waals surface area contributed by atoms with Crippen LogP contribution in [0.25, 0.3) is 0 Å². The maximum Gasteiger partial charge on any atom is 0.311 e. The molecule has 0 bridgehead atoms. The Kier molecular flexibility index (Phi) is 5.43. The molecular formula is C15H10ClFN2O5. The van der Waals surface area contributed by atoms with Crippen molar-refractivity contribution in [2.24, 2.45) is 0 Å². The predicted octanol–water partition coefficient (Wildman–Crippen LogP) is 3.22. The fraction of sp³-hybridized carbons (Fsp3) is 0.0667. The molecule has 24 heavy (non-hydrogen) atoms. The summed E-state index contributed by atoms with van der Waals surface area (Å²) in [4.78, 5) is 32.6. The molecule has 0 fully saturated rings. The van der Waals surface area contributed by atoms with Crippen LogP contribution in [-0.4, -0.2) is 23.7 Å². The number of amides is 1. The van der Waals surface area contributed by atoms with Crippen molar-refractivity contribution >= 4 is 35.2 Å². The van der Waals surface area contributed by atoms with Crippen LogP contribution in [0.3, 0.4) is 0 Å². The number of ether oxygens (including phenoxy) is 1. The van der Waals surface area contributed by atoms with E-state index in [2.05, 4.69) is 5.32 Å². The molecule has 124 valence electrons. The summed E-state index contributed by atoms with van der Waals surface area (Å²) in [7, 11) is 0. The summed E-state index contributed by atoms with van der Waals surface area (Å²) in [6, 6.07) is 7.16. The third kappa shape index (κ3) is 4.26. The highest BCUT2D eigenvalue weighted by Gasteiger charge is 2.17. The fourth-order valence-corrected chi connectivity index (χ4v) is 1.97. The molecule has 2 rings (SSSR count). The molecule has 1 N–H and O–H groups in total. The molecule has 0 atom stereocenters. The topological polar surface area (TPSA) is 98.5 Å². The van der Waals surface area contributed by atoms with Gasteiger partial charge in [0.1, 0.15) is 12.1 Å². The molecule has 0 saturated carbocycles. The summed E-state index contributed by atoms with van der Waals surface area (Å²) in [5, 5.41) is 13.4. The van der Waals surface area contributed by atoms with Crippen molar-refractivity contribution in [2.75, 3.05) is 11.9 Å². The van der Waals surface area contributed by atoms with Crippen molar-refractivity contribution in [3.63, 3.8) is 0 Å². The van der Waals surface area contributed by atoms with E-state index in [1.807, 2.05) is 0 Å². The standard InChI is InChI=1S/C15H10ClFN2O5/c16-10-2-3-11(17)12(6-10)18-15(21)8-24-14-4-1-9(7-20)5-13(14)19(22)23/h1-7H,8H2,(H,18,21). The van der Waals surface area contributed by atoms with E-state index in [0.29, 0.717) is 6.29 Å². The summed E-state index contributed by atoms with van der Waals surface area (Å²) in [5.74, 6) is -1.61. The first-order chi connectivity index (χ1) is 11.4. The van der Waals surface area contributed by atoms with Crippen LogP contribution in [0, 0.1) is 15.9 Å². The van der Waals surface area contributed by atoms with E-state index in [0.717, 1.165) is 12.1 Å². The highest BCUT2D eigenvalue weighted by Crippen LogP contribution is 2.27. The zero-order valence-electron chi connectivity index (χ0n) is 12.0. The predicted molar refractivity (Wildman–Crippen MR) is 84.0 cm³/mol. The molecule has 0 aliphatic carbocycles. The molecule has 0 aliphatic heterocycles. The monoisotopic (exact) mass is 352 g/mol. The highest BCUT2D eigenvalue weighted by atomic mass is 35.5. The van der Waals surface area contributed by atoms with Gasteiger partial charge in [0.2, 0.25) is 0 Å². The zero-order chi connectivity index (χ0) is 17.7. The smallest absolute Gasteiger partial charge is 0.311 e. The van der Waals surface area contributed by atoms with E-state index in [1.54, 1.807) is 0 Å². The average molecular weight is 353 g/mol. The van der Waals surface area contributed by atoms with E-state index in [1.165, 1.54) is 24.3 Å². The Hall–Kier alpha value is -3.00. The quantitative estimate of drug-likeness (QED) is 0.489. The van der Waals surface area contributed by atoms with Gasteiger partial charge in [-0.2, -0.15) is 0 Å². The number of hydrogen-bond donors (Lipinski definition) is 1. The molecule has 0 aromatic heterocycles. The first-order valence-electron chi connectivity index (χ1n) is 6.52. The highest BCUT2D eigenvalue weighted by molar-refractivity contribution is 6.30. The summed E-state index contributed by atoms with van der Waals surface area (Å²) in [6.45, 7) is -0.590. The number of aldehydes is 1. The summed E-state index contributed by atoms with van der Waals surface area (Å²) in [6.07, 6.45) is 0.450. The van der Waals surface area contributed by atoms with Crippen LogP contribution < -0.4 is 10.1 Å². The first-order valence-corrected chi connectivity index (χ1v) is 6.90. The van der Waals surface area contributed by atoms with Gasteiger partial charge in [-0.05, 0) is 30.3 Å². The number of halogens is 2. The average Bonchev–Trinajstić information content (AvgIpc) is 2.56. The minimum absolute atomic E-state index is 0.0968. The third-order valence-corrected chi connectivity index (χ3v) is 3.11. The number of carbonyl (C=O) groups is 2. The van der Waals surface area contributed by atoms with Crippen LogP contribution in [0.1, 0.15) is 10.4 Å². The van der Waals surface area contributed by atoms with Crippen molar-refractivity contribution in [3.8, 4) is 5.75 Å². The van der Waals surface area contributed by atoms with Gasteiger partial charge < -0.3 is 10.1 Å². The van der Waals surface area contributed by atoms with Crippen LogP contribution in [0.2, 0.25) is 5.02 Å². The first kappa shape index (κ1) is 17.4. The van der Waals surface area contributed by atoms with Gasteiger partial charge in [-0.25, -0.2) is 4.39 Å². The number of rotatable bonds is 6. The lowest BCUT2D eigenvalue weighted by atomic mass is 10.2. The van der Waals surface area contributed by atoms with E-state index >= 15 is 0 Å². The normalized spacial score (nSPS) is 10.1. The van der Waals surface area contributed by atoms with Crippen molar-refractivity contribution < 1.29 is 23.6 Å². The molecule has 0 saturated heterocycles. The second-order valence-electron chi connectivity index (χ2n) is 4.56.